The number of phosphoric ester groups is 5. The maximum Gasteiger partial charge on any atom is 0.474 e. The third-order valence-corrected chi connectivity index (χ3v) is 25.0. The molecule has 57 heteroatoms. The number of nitrogens with two attached hydrogens (primary N) is 2. The lowest BCUT2D eigenvalue weighted by Gasteiger charge is -2.40. The summed E-state index contributed by atoms with van der Waals surface area (Å²) in [5, 5.41) is 99.6. The second kappa shape index (κ2) is 56.5. The lowest BCUT2D eigenvalue weighted by Crippen LogP contribution is -2.62. The van der Waals surface area contributed by atoms with Crippen molar-refractivity contribution in [1.29, 1.82) is 0 Å². The summed E-state index contributed by atoms with van der Waals surface area (Å²) in [6.45, 7) is -6.61. The van der Waals surface area contributed by atoms with Gasteiger partial charge in [0.15, 0.2) is 44.9 Å². The highest BCUT2D eigenvalue weighted by Crippen LogP contribution is 2.51. The van der Waals surface area contributed by atoms with E-state index in [4.69, 9.17) is 118 Å². The molecule has 0 aliphatic carbocycles. The molecular weight excluding hydrogens is 1790 g/mol. The minimum Gasteiger partial charge on any atom is -0.396 e. The van der Waals surface area contributed by atoms with Crippen LogP contribution in [-0.4, -0.2) is 364 Å². The Morgan fingerprint density at radius 1 is 0.452 bits per heavy atom. The van der Waals surface area contributed by atoms with Crippen LogP contribution in [0.1, 0.15) is 115 Å². The molecule has 0 radical (unpaired) electrons. The Bertz CT molecular complexity index is 3510. The van der Waals surface area contributed by atoms with E-state index in [0.29, 0.717) is 87.5 Å². The average molecular weight is 1920 g/mol. The summed E-state index contributed by atoms with van der Waals surface area (Å²) in [4.78, 5) is 75.9. The third-order valence-electron chi connectivity index (χ3n) is 19.5. The number of phosphoric acid groups is 5. The third kappa shape index (κ3) is 40.2. The van der Waals surface area contributed by atoms with Gasteiger partial charge in [0.25, 0.3) is 0 Å². The van der Waals surface area contributed by atoms with Crippen LogP contribution in [0.2, 0.25) is 0 Å². The number of nitrogens with zero attached hydrogens (tertiary/aromatic N) is 4. The van der Waals surface area contributed by atoms with E-state index in [2.05, 4.69) is 15.0 Å². The first-order chi connectivity index (χ1) is 58.8. The monoisotopic (exact) mass is 1920 g/mol. The number of unbranched alkanes of at least 4 members (excludes halogenated alkanes) is 9. The molecule has 6 heterocycles. The topological polar surface area (TPSA) is 734 Å². The smallest absolute Gasteiger partial charge is 0.396 e. The molecule has 4 saturated heterocycles. The quantitative estimate of drug-likeness (QED) is 0.0235. The number of imidazole rings is 1. The molecule has 6 rings (SSSR count). The standard InChI is InChI=1S/C67H128N6O45P6/c1-45-57(78)58(79)49(30-75)115-64(45)101-20-10-4-7-13-23-104-120(86,87)107-26-16-18-96-36-67(38-100-44-112-122(90,91)106-25-15-9-6-12-22-103-66-55(69)62(83)60(81)51(32-77)117-66,37-97-19-17-27-108-121(88,89)105-24-14-8-5-11-21-102-65-54(68)61(82)59(80)50(31-76)116-65)39-110-123(92,93)111-42-98-33-47(29-74)34-99-43-113-124(94,95)118-48-28-53(114-52(48)35-109-119(3,84)85)73-41-72-56-46(2)70-40-71-63(56)73/h40-41,45,47-55,57-62,64-66,74-83H,4-39,42-44,68-69H2,1-3H3,(H,84,85)(H,86,87)(H,88,89)(H,90,91)(H,92,93)(H,94,95)/t45-,47?,48-,49?,50?,51?,52+,53+,54-,55-,57?,58-,59-,60-,61?,62?,64+,65+,66+,67?/m0/s1. The maximum absolute atomic E-state index is 13.7. The van der Waals surface area contributed by atoms with Crippen molar-refractivity contribution in [3.8, 4) is 0 Å². The zero-order chi connectivity index (χ0) is 91.2. The molecule has 0 aromatic carbocycles. The van der Waals surface area contributed by atoms with Gasteiger partial charge >= 0.3 is 46.7 Å². The van der Waals surface area contributed by atoms with Crippen LogP contribution in [-0.2, 0) is 134 Å². The van der Waals surface area contributed by atoms with Crippen molar-refractivity contribution >= 4 is 57.9 Å². The van der Waals surface area contributed by atoms with Crippen molar-refractivity contribution in [3.05, 3.63) is 18.3 Å². The van der Waals surface area contributed by atoms with Gasteiger partial charge in [-0.1, -0.05) is 45.4 Å². The van der Waals surface area contributed by atoms with E-state index in [1.54, 1.807) is 13.8 Å². The number of fused-ring (bicyclic) bond motifs is 1. The van der Waals surface area contributed by atoms with E-state index in [-0.39, 0.29) is 78.5 Å². The molecule has 2 aromatic rings. The van der Waals surface area contributed by atoms with Crippen LogP contribution in [0.25, 0.3) is 11.2 Å². The van der Waals surface area contributed by atoms with Crippen LogP contribution >= 0.6 is 46.7 Å². The number of hydrogen-bond donors (Lipinski definition) is 18. The molecule has 0 spiro atoms. The fourth-order valence-electron chi connectivity index (χ4n) is 12.5. The Morgan fingerprint density at radius 2 is 0.855 bits per heavy atom. The fraction of sp³-hybridized carbons (Fsp3) is 0.925. The minimum atomic E-state index is -5.24. The van der Waals surface area contributed by atoms with Gasteiger partial charge in [0.1, 0.15) is 79.1 Å². The molecule has 51 nitrogen and oxygen atoms in total. The van der Waals surface area contributed by atoms with E-state index in [1.807, 2.05) is 0 Å². The molecule has 0 amide bonds. The number of rotatable bonds is 69. The predicted octanol–water partition coefficient (Wildman–Crippen LogP) is -0.0401. The Balaban J connectivity index is 1.03. The predicted molar refractivity (Wildman–Crippen MR) is 421 cm³/mol. The van der Waals surface area contributed by atoms with Crippen LogP contribution in [0.4, 0.5) is 0 Å². The first-order valence-corrected chi connectivity index (χ1v) is 49.9. The summed E-state index contributed by atoms with van der Waals surface area (Å²) in [5.74, 6) is -1.53. The number of hydrogen-bond acceptors (Lipinski definition) is 44. The number of aryl methyl sites for hydroxylation is 1. The zero-order valence-corrected chi connectivity index (χ0v) is 74.7. The molecular formula is C67H128N6O45P6. The van der Waals surface area contributed by atoms with Gasteiger partial charge in [-0.2, -0.15) is 0 Å². The number of aromatic nitrogens is 4. The summed E-state index contributed by atoms with van der Waals surface area (Å²) in [7, 11) is -28.5. The van der Waals surface area contributed by atoms with Gasteiger partial charge in [0, 0.05) is 58.0 Å². The van der Waals surface area contributed by atoms with Gasteiger partial charge < -0.3 is 153 Å². The SMILES string of the molecule is Cc1ncnc2c1ncn2[C@H]1C[C@H](OP(=O)(O)OCOCC(CO)COCOP(=O)(O)OCC(COCCCOP(=O)(O)OCCCCCCO[C@@H]2OC(CO)[C@H](O)C(O)[C@@H]2C)(COCCCOP(=O)(O)OCCCCCCO[C@@H]2OC(CO)[C@H](O)C(O)[C@@H]2N)COCOP(=O)(O)OCCCCCCO[C@@H]2OC(CO)[C@H](O)C(O)[C@@H]2N)[C@@H](COP(C)(=O)O)O1. The van der Waals surface area contributed by atoms with Crippen molar-refractivity contribution in [2.24, 2.45) is 28.7 Å². The van der Waals surface area contributed by atoms with Crippen molar-refractivity contribution in [2.75, 3.05) is 166 Å². The summed E-state index contributed by atoms with van der Waals surface area (Å²) in [6.07, 6.45) is -9.88. The van der Waals surface area contributed by atoms with Gasteiger partial charge in [-0.05, 0) is 58.3 Å². The fourth-order valence-corrected chi connectivity index (χ4v) is 16.7. The average Bonchev–Trinajstić information content (AvgIpc) is 1.62. The number of aliphatic hydroxyl groups excluding tert-OH is 10. The van der Waals surface area contributed by atoms with Crippen LogP contribution in [0, 0.1) is 24.2 Å². The van der Waals surface area contributed by atoms with Gasteiger partial charge in [0.05, 0.1) is 141 Å². The van der Waals surface area contributed by atoms with Crippen molar-refractivity contribution in [1.82, 2.24) is 19.5 Å². The van der Waals surface area contributed by atoms with Crippen molar-refractivity contribution in [3.63, 3.8) is 0 Å². The molecule has 14 unspecified atom stereocenters. The molecule has 4 aliphatic rings. The van der Waals surface area contributed by atoms with E-state index in [0.717, 1.165) is 6.66 Å². The lowest BCUT2D eigenvalue weighted by molar-refractivity contribution is -0.282. The van der Waals surface area contributed by atoms with E-state index in [1.165, 1.54) is 17.2 Å². The summed E-state index contributed by atoms with van der Waals surface area (Å²) in [6, 6.07) is -2.18. The van der Waals surface area contributed by atoms with Gasteiger partial charge in [-0.3, -0.25) is 54.4 Å². The zero-order valence-electron chi connectivity index (χ0n) is 69.3. The second-order valence-corrected chi connectivity index (χ2v) is 38.9. The number of aliphatic hydroxyl groups is 10. The van der Waals surface area contributed by atoms with Crippen molar-refractivity contribution < 1.29 is 214 Å². The first kappa shape index (κ1) is 111. The van der Waals surface area contributed by atoms with E-state index < -0.39 is 275 Å². The summed E-state index contributed by atoms with van der Waals surface area (Å²) >= 11 is 0. The van der Waals surface area contributed by atoms with Gasteiger partial charge in [-0.25, -0.2) is 37.8 Å². The molecule has 2 aromatic heterocycles. The van der Waals surface area contributed by atoms with Gasteiger partial charge in [-0.15, -0.1) is 0 Å². The Labute approximate surface area is 716 Å². The number of ether oxygens (including phenoxy) is 12. The first-order valence-electron chi connectivity index (χ1n) is 40.4. The van der Waals surface area contributed by atoms with Crippen LogP contribution in [0.3, 0.4) is 0 Å². The highest BCUT2D eigenvalue weighted by Gasteiger charge is 2.48. The molecule has 0 saturated carbocycles. The summed E-state index contributed by atoms with van der Waals surface area (Å²) < 4.78 is 204. The highest BCUT2D eigenvalue weighted by molar-refractivity contribution is 7.52. The molecule has 726 valence electrons. The van der Waals surface area contributed by atoms with E-state index in [9.17, 15) is 108 Å². The normalized spacial score (nSPS) is 29.5. The molecule has 124 heavy (non-hydrogen) atoms. The van der Waals surface area contributed by atoms with E-state index >= 15 is 0 Å². The molecule has 0 bridgehead atoms. The highest BCUT2D eigenvalue weighted by atomic mass is 31.2. The second-order valence-electron chi connectivity index (χ2n) is 29.9. The molecule has 26 atom stereocenters. The Kier molecular flexibility index (Phi) is 50.6. The van der Waals surface area contributed by atoms with Crippen LogP contribution < -0.4 is 11.5 Å². The van der Waals surface area contributed by atoms with Crippen LogP contribution in [0.5, 0.6) is 0 Å². The summed E-state index contributed by atoms with van der Waals surface area (Å²) in [5.41, 5.74) is 11.4. The molecule has 20 N–H and O–H groups in total. The Morgan fingerprint density at radius 3 is 1.31 bits per heavy atom. The van der Waals surface area contributed by atoms with Crippen LogP contribution in [0.15, 0.2) is 12.7 Å². The van der Waals surface area contributed by atoms with Crippen molar-refractivity contribution in [2.45, 2.75) is 214 Å². The van der Waals surface area contributed by atoms with Gasteiger partial charge in [0.2, 0.25) is 0 Å². The lowest BCUT2D eigenvalue weighted by atomic mass is 9.92. The maximum atomic E-state index is 13.7. The minimum absolute atomic E-state index is 0.0928. The Hall–Kier alpha value is -1.71. The molecule has 4 aliphatic heterocycles. The molecule has 4 fully saturated rings. The largest absolute Gasteiger partial charge is 0.474 e.